The summed E-state index contributed by atoms with van der Waals surface area (Å²) < 4.78 is 0.738. The Bertz CT molecular complexity index is 506. The maximum atomic E-state index is 12.1. The predicted octanol–water partition coefficient (Wildman–Crippen LogP) is 1.67. The van der Waals surface area contributed by atoms with Crippen LogP contribution in [0.25, 0.3) is 0 Å². The molecule has 88 valence electrons. The minimum atomic E-state index is -1.28. The van der Waals surface area contributed by atoms with Gasteiger partial charge in [-0.2, -0.15) is 5.26 Å². The molecule has 0 spiro atoms. The van der Waals surface area contributed by atoms with E-state index in [1.807, 2.05) is 35.6 Å². The van der Waals surface area contributed by atoms with Crippen LogP contribution in [0.5, 0.6) is 0 Å². The molecule has 0 bridgehead atoms. The van der Waals surface area contributed by atoms with Crippen LogP contribution in [0.1, 0.15) is 15.9 Å². The van der Waals surface area contributed by atoms with Crippen LogP contribution in [0.4, 0.5) is 0 Å². The van der Waals surface area contributed by atoms with Crippen LogP contribution in [0.3, 0.4) is 0 Å². The molecule has 0 aliphatic rings. The van der Waals surface area contributed by atoms with Gasteiger partial charge in [0.05, 0.1) is 6.07 Å². The Morgan fingerprint density at radius 1 is 1.47 bits per heavy atom. The number of nitrogens with zero attached hydrogens (tertiary/aromatic N) is 1. The quantitative estimate of drug-likeness (QED) is 0.516. The molecular weight excluding hydrogens is 331 g/mol. The van der Waals surface area contributed by atoms with E-state index in [-0.39, 0.29) is 0 Å². The monoisotopic (exact) mass is 342 g/mol. The number of amides is 1. The van der Waals surface area contributed by atoms with Gasteiger partial charge in [0.15, 0.2) is 11.7 Å². The Morgan fingerprint density at radius 2 is 2.12 bits per heavy atom. The van der Waals surface area contributed by atoms with Crippen molar-refractivity contribution in [1.29, 1.82) is 5.26 Å². The van der Waals surface area contributed by atoms with Gasteiger partial charge in [-0.15, -0.1) is 0 Å². The van der Waals surface area contributed by atoms with E-state index in [1.165, 1.54) is 7.05 Å². The van der Waals surface area contributed by atoms with Crippen molar-refractivity contribution in [2.24, 2.45) is 5.92 Å². The van der Waals surface area contributed by atoms with E-state index in [0.717, 1.165) is 9.13 Å². The first-order chi connectivity index (χ1) is 8.01. The largest absolute Gasteiger partial charge is 0.358 e. The van der Waals surface area contributed by atoms with Crippen LogP contribution in [0.2, 0.25) is 0 Å². The summed E-state index contributed by atoms with van der Waals surface area (Å²) in [5, 5.41) is 11.2. The molecule has 1 amide bonds. The van der Waals surface area contributed by atoms with Gasteiger partial charge in [0.25, 0.3) is 0 Å². The minimum Gasteiger partial charge on any atom is -0.358 e. The van der Waals surface area contributed by atoms with Crippen molar-refractivity contribution < 1.29 is 9.59 Å². The molecule has 0 fully saturated rings. The number of nitrogens with one attached hydrogen (secondary N) is 1. The van der Waals surface area contributed by atoms with Gasteiger partial charge < -0.3 is 5.32 Å². The maximum absolute atomic E-state index is 12.1. The SMILES string of the molecule is CNC(=O)[C@H](C#N)C(=O)c1cc(C)ccc1I. The summed E-state index contributed by atoms with van der Waals surface area (Å²) in [4.78, 5) is 23.5. The van der Waals surface area contributed by atoms with E-state index in [9.17, 15) is 9.59 Å². The molecule has 1 aromatic carbocycles. The van der Waals surface area contributed by atoms with Crippen molar-refractivity contribution >= 4 is 34.3 Å². The minimum absolute atomic E-state index is 0.417. The molecule has 0 aromatic heterocycles. The molecule has 0 aliphatic heterocycles. The summed E-state index contributed by atoms with van der Waals surface area (Å²) in [6.45, 7) is 1.86. The van der Waals surface area contributed by atoms with E-state index in [0.29, 0.717) is 5.56 Å². The van der Waals surface area contributed by atoms with Crippen molar-refractivity contribution in [2.45, 2.75) is 6.92 Å². The average molecular weight is 342 g/mol. The lowest BCUT2D eigenvalue weighted by molar-refractivity contribution is -0.121. The van der Waals surface area contributed by atoms with Crippen LogP contribution < -0.4 is 5.32 Å². The second-order valence-electron chi connectivity index (χ2n) is 3.52. The molecule has 0 radical (unpaired) electrons. The predicted molar refractivity (Wildman–Crippen MR) is 71.4 cm³/mol. The van der Waals surface area contributed by atoms with Crippen molar-refractivity contribution in [3.8, 4) is 6.07 Å². The van der Waals surface area contributed by atoms with Crippen LogP contribution >= 0.6 is 22.6 Å². The number of carbonyl (C=O) groups is 2. The van der Waals surface area contributed by atoms with E-state index in [2.05, 4.69) is 5.32 Å². The Balaban J connectivity index is 3.16. The molecule has 17 heavy (non-hydrogen) atoms. The summed E-state index contributed by atoms with van der Waals surface area (Å²) in [6.07, 6.45) is 0. The van der Waals surface area contributed by atoms with Crippen LogP contribution in [0.15, 0.2) is 18.2 Å². The standard InChI is InChI=1S/C12H11IN2O2/c1-7-3-4-10(13)8(5-7)11(16)9(6-14)12(17)15-2/h3-5,9H,1-2H3,(H,15,17)/t9-/m1/s1. The molecule has 0 saturated heterocycles. The molecule has 0 saturated carbocycles. The van der Waals surface area contributed by atoms with Crippen molar-refractivity contribution in [2.75, 3.05) is 7.05 Å². The Hall–Kier alpha value is -1.42. The zero-order valence-electron chi connectivity index (χ0n) is 9.45. The molecule has 0 heterocycles. The topological polar surface area (TPSA) is 70.0 Å². The normalized spacial score (nSPS) is 11.4. The Morgan fingerprint density at radius 3 is 2.65 bits per heavy atom. The Labute approximate surface area is 113 Å². The lowest BCUT2D eigenvalue weighted by Gasteiger charge is -2.09. The van der Waals surface area contributed by atoms with Crippen molar-refractivity contribution in [3.63, 3.8) is 0 Å². The van der Waals surface area contributed by atoms with Gasteiger partial charge in [-0.05, 0) is 41.6 Å². The summed E-state index contributed by atoms with van der Waals surface area (Å²) >= 11 is 2.02. The lowest BCUT2D eigenvalue weighted by Crippen LogP contribution is -2.32. The number of carbonyl (C=O) groups excluding carboxylic acids is 2. The molecule has 0 aliphatic carbocycles. The molecular formula is C12H11IN2O2. The van der Waals surface area contributed by atoms with Gasteiger partial charge in [0, 0.05) is 16.2 Å². The second-order valence-corrected chi connectivity index (χ2v) is 4.69. The summed E-state index contributed by atoms with van der Waals surface area (Å²) in [7, 11) is 1.40. The van der Waals surface area contributed by atoms with E-state index in [1.54, 1.807) is 18.2 Å². The number of hydrogen-bond acceptors (Lipinski definition) is 3. The van der Waals surface area contributed by atoms with Crippen LogP contribution in [-0.2, 0) is 4.79 Å². The van der Waals surface area contributed by atoms with E-state index >= 15 is 0 Å². The number of aryl methyl sites for hydroxylation is 1. The summed E-state index contributed by atoms with van der Waals surface area (Å²) in [6, 6.07) is 7.09. The summed E-state index contributed by atoms with van der Waals surface area (Å²) in [5.74, 6) is -2.31. The molecule has 0 unspecified atom stereocenters. The number of hydrogen-bond donors (Lipinski definition) is 1. The fraction of sp³-hybridized carbons (Fsp3) is 0.250. The summed E-state index contributed by atoms with van der Waals surface area (Å²) in [5.41, 5.74) is 1.34. The first kappa shape index (κ1) is 13.6. The first-order valence-electron chi connectivity index (χ1n) is 4.92. The van der Waals surface area contributed by atoms with Gasteiger partial charge in [-0.3, -0.25) is 9.59 Å². The lowest BCUT2D eigenvalue weighted by atomic mass is 9.97. The van der Waals surface area contributed by atoms with Gasteiger partial charge >= 0.3 is 0 Å². The fourth-order valence-corrected chi connectivity index (χ4v) is 1.97. The Kier molecular flexibility index (Phi) is 4.63. The highest BCUT2D eigenvalue weighted by Crippen LogP contribution is 2.18. The third-order valence-corrected chi connectivity index (χ3v) is 3.23. The van der Waals surface area contributed by atoms with Gasteiger partial charge in [0.2, 0.25) is 5.91 Å². The molecule has 1 aromatic rings. The fourth-order valence-electron chi connectivity index (χ4n) is 1.36. The molecule has 4 nitrogen and oxygen atoms in total. The molecule has 1 rings (SSSR count). The molecule has 1 N–H and O–H groups in total. The highest BCUT2D eigenvalue weighted by molar-refractivity contribution is 14.1. The van der Waals surface area contributed by atoms with Crippen LogP contribution in [0, 0.1) is 27.7 Å². The van der Waals surface area contributed by atoms with Gasteiger partial charge in [0.1, 0.15) is 0 Å². The number of halogens is 1. The van der Waals surface area contributed by atoms with E-state index in [4.69, 9.17) is 5.26 Å². The second kappa shape index (κ2) is 5.77. The highest BCUT2D eigenvalue weighted by Gasteiger charge is 2.27. The number of ketones is 1. The zero-order chi connectivity index (χ0) is 13.0. The van der Waals surface area contributed by atoms with Gasteiger partial charge in [-0.1, -0.05) is 11.6 Å². The number of benzene rings is 1. The highest BCUT2D eigenvalue weighted by atomic mass is 127. The number of rotatable bonds is 3. The number of Topliss-reactive ketones (excluding diaryl/α,β-unsaturated/α-hetero) is 1. The first-order valence-corrected chi connectivity index (χ1v) is 6.00. The van der Waals surface area contributed by atoms with Crippen molar-refractivity contribution in [1.82, 2.24) is 5.32 Å². The van der Waals surface area contributed by atoms with Crippen LogP contribution in [-0.4, -0.2) is 18.7 Å². The molecule has 5 heteroatoms. The third kappa shape index (κ3) is 3.03. The maximum Gasteiger partial charge on any atom is 0.245 e. The number of nitriles is 1. The van der Waals surface area contributed by atoms with Gasteiger partial charge in [-0.25, -0.2) is 0 Å². The van der Waals surface area contributed by atoms with E-state index < -0.39 is 17.6 Å². The zero-order valence-corrected chi connectivity index (χ0v) is 11.6. The van der Waals surface area contributed by atoms with Crippen molar-refractivity contribution in [3.05, 3.63) is 32.9 Å². The average Bonchev–Trinajstić information content (AvgIpc) is 2.32. The smallest absolute Gasteiger partial charge is 0.245 e. The third-order valence-electron chi connectivity index (χ3n) is 2.29. The molecule has 1 atom stereocenters.